The van der Waals surface area contributed by atoms with Crippen molar-refractivity contribution in [3.8, 4) is 0 Å². The monoisotopic (exact) mass is 275 g/mol. The summed E-state index contributed by atoms with van der Waals surface area (Å²) in [7, 11) is 0. The van der Waals surface area contributed by atoms with Crippen LogP contribution in [0.25, 0.3) is 0 Å². The van der Waals surface area contributed by atoms with Crippen molar-refractivity contribution in [1.29, 1.82) is 0 Å². The summed E-state index contributed by atoms with van der Waals surface area (Å²) < 4.78 is 0. The predicted octanol–water partition coefficient (Wildman–Crippen LogP) is 1.21. The first-order chi connectivity index (χ1) is 9.60. The molecule has 1 saturated carbocycles. The highest BCUT2D eigenvalue weighted by molar-refractivity contribution is 5.97. The highest BCUT2D eigenvalue weighted by atomic mass is 16.2. The zero-order chi connectivity index (χ0) is 14.5. The molecule has 0 heterocycles. The molecular formula is C14H17N3O3. The molecule has 3 N–H and O–H groups in total. The third kappa shape index (κ3) is 3.81. The maximum Gasteiger partial charge on any atom is 0.269 e. The van der Waals surface area contributed by atoms with Crippen molar-refractivity contribution >= 4 is 23.4 Å². The topological polar surface area (TPSA) is 87.3 Å². The second-order valence-electron chi connectivity index (χ2n) is 4.70. The first-order valence-electron chi connectivity index (χ1n) is 6.60. The SMILES string of the molecule is CCC(=O)NNC(=O)c1ccc(NC(=O)C2CC2)cc1. The average Bonchev–Trinajstić information content (AvgIpc) is 3.29. The van der Waals surface area contributed by atoms with E-state index in [1.165, 1.54) is 0 Å². The van der Waals surface area contributed by atoms with Crippen LogP contribution in [0, 0.1) is 5.92 Å². The molecule has 0 bridgehead atoms. The van der Waals surface area contributed by atoms with Gasteiger partial charge in [0.05, 0.1) is 0 Å². The van der Waals surface area contributed by atoms with Crippen molar-refractivity contribution in [2.75, 3.05) is 5.32 Å². The van der Waals surface area contributed by atoms with Gasteiger partial charge in [0.1, 0.15) is 0 Å². The Morgan fingerprint density at radius 2 is 1.75 bits per heavy atom. The van der Waals surface area contributed by atoms with Crippen LogP contribution in [0.1, 0.15) is 36.5 Å². The van der Waals surface area contributed by atoms with Gasteiger partial charge in [0.2, 0.25) is 11.8 Å². The quantitative estimate of drug-likeness (QED) is 0.722. The molecule has 6 nitrogen and oxygen atoms in total. The van der Waals surface area contributed by atoms with E-state index in [0.29, 0.717) is 17.7 Å². The number of amides is 3. The van der Waals surface area contributed by atoms with Crippen molar-refractivity contribution in [3.63, 3.8) is 0 Å². The molecule has 1 aliphatic rings. The van der Waals surface area contributed by atoms with Crippen LogP contribution in [0.3, 0.4) is 0 Å². The van der Waals surface area contributed by atoms with Gasteiger partial charge in [0.25, 0.3) is 5.91 Å². The van der Waals surface area contributed by atoms with Crippen molar-refractivity contribution < 1.29 is 14.4 Å². The van der Waals surface area contributed by atoms with Gasteiger partial charge >= 0.3 is 0 Å². The van der Waals surface area contributed by atoms with E-state index in [-0.39, 0.29) is 17.7 Å². The van der Waals surface area contributed by atoms with Gasteiger partial charge in [0.15, 0.2) is 0 Å². The summed E-state index contributed by atoms with van der Waals surface area (Å²) in [6, 6.07) is 6.51. The Kier molecular flexibility index (Phi) is 4.34. The van der Waals surface area contributed by atoms with Crippen LogP contribution in [-0.4, -0.2) is 17.7 Å². The van der Waals surface area contributed by atoms with E-state index in [2.05, 4.69) is 16.2 Å². The molecule has 0 aliphatic heterocycles. The van der Waals surface area contributed by atoms with Gasteiger partial charge in [-0.05, 0) is 37.1 Å². The van der Waals surface area contributed by atoms with Crippen LogP contribution >= 0.6 is 0 Å². The maximum absolute atomic E-state index is 11.7. The lowest BCUT2D eigenvalue weighted by atomic mass is 10.2. The minimum atomic E-state index is -0.396. The van der Waals surface area contributed by atoms with Crippen molar-refractivity contribution in [1.82, 2.24) is 10.9 Å². The van der Waals surface area contributed by atoms with Crippen LogP contribution in [0.5, 0.6) is 0 Å². The second kappa shape index (κ2) is 6.18. The van der Waals surface area contributed by atoms with Crippen molar-refractivity contribution in [2.45, 2.75) is 26.2 Å². The van der Waals surface area contributed by atoms with Gasteiger partial charge in [-0.1, -0.05) is 6.92 Å². The van der Waals surface area contributed by atoms with Gasteiger partial charge in [-0.15, -0.1) is 0 Å². The Balaban J connectivity index is 1.88. The number of nitrogens with one attached hydrogen (secondary N) is 3. The summed E-state index contributed by atoms with van der Waals surface area (Å²) in [6.45, 7) is 1.69. The standard InChI is InChI=1S/C14H17N3O3/c1-2-12(18)16-17-14(20)10-5-7-11(8-6-10)15-13(19)9-3-4-9/h5-9H,2-4H2,1H3,(H,15,19)(H,16,18)(H,17,20). The summed E-state index contributed by atoms with van der Waals surface area (Å²) in [5.74, 6) is -0.488. The number of rotatable bonds is 4. The fourth-order valence-electron chi connectivity index (χ4n) is 1.58. The Hall–Kier alpha value is -2.37. The molecule has 1 aromatic carbocycles. The molecule has 0 atom stereocenters. The summed E-state index contributed by atoms with van der Waals surface area (Å²) in [4.78, 5) is 34.3. The summed E-state index contributed by atoms with van der Waals surface area (Å²) in [6.07, 6.45) is 2.19. The minimum Gasteiger partial charge on any atom is -0.326 e. The van der Waals surface area contributed by atoms with Crippen LogP contribution in [0.4, 0.5) is 5.69 Å². The number of hydrogen-bond acceptors (Lipinski definition) is 3. The number of carbonyl (C=O) groups excluding carboxylic acids is 3. The van der Waals surface area contributed by atoms with Gasteiger partial charge in [-0.3, -0.25) is 25.2 Å². The predicted molar refractivity (Wildman–Crippen MR) is 73.7 cm³/mol. The molecule has 1 aliphatic carbocycles. The zero-order valence-electron chi connectivity index (χ0n) is 11.2. The average molecular weight is 275 g/mol. The number of hydrogen-bond donors (Lipinski definition) is 3. The number of carbonyl (C=O) groups is 3. The first-order valence-corrected chi connectivity index (χ1v) is 6.60. The van der Waals surface area contributed by atoms with Gasteiger partial charge in [-0.2, -0.15) is 0 Å². The fourth-order valence-corrected chi connectivity index (χ4v) is 1.58. The second-order valence-corrected chi connectivity index (χ2v) is 4.70. The third-order valence-electron chi connectivity index (χ3n) is 3.00. The number of benzene rings is 1. The van der Waals surface area contributed by atoms with Crippen LogP contribution < -0.4 is 16.2 Å². The minimum absolute atomic E-state index is 0.0254. The molecule has 0 saturated heterocycles. The Morgan fingerprint density at radius 1 is 1.10 bits per heavy atom. The molecule has 1 aromatic rings. The van der Waals surface area contributed by atoms with Gasteiger partial charge in [0, 0.05) is 23.6 Å². The molecule has 0 unspecified atom stereocenters. The number of anilines is 1. The molecule has 3 amide bonds. The van der Waals surface area contributed by atoms with E-state index in [9.17, 15) is 14.4 Å². The van der Waals surface area contributed by atoms with Crippen LogP contribution in [-0.2, 0) is 9.59 Å². The van der Waals surface area contributed by atoms with Gasteiger partial charge in [-0.25, -0.2) is 0 Å². The Bertz CT molecular complexity index is 521. The normalized spacial score (nSPS) is 13.4. The molecule has 2 rings (SSSR count). The van der Waals surface area contributed by atoms with Crippen LogP contribution in [0.2, 0.25) is 0 Å². The van der Waals surface area contributed by atoms with Crippen molar-refractivity contribution in [2.24, 2.45) is 5.92 Å². The van der Waals surface area contributed by atoms with Crippen molar-refractivity contribution in [3.05, 3.63) is 29.8 Å². The Labute approximate surface area is 116 Å². The third-order valence-corrected chi connectivity index (χ3v) is 3.00. The highest BCUT2D eigenvalue weighted by Crippen LogP contribution is 2.30. The summed E-state index contributed by atoms with van der Waals surface area (Å²) in [5, 5.41) is 2.79. The number of hydrazine groups is 1. The van der Waals surface area contributed by atoms with E-state index >= 15 is 0 Å². The Morgan fingerprint density at radius 3 is 2.30 bits per heavy atom. The van der Waals surface area contributed by atoms with E-state index in [4.69, 9.17) is 0 Å². The highest BCUT2D eigenvalue weighted by Gasteiger charge is 2.29. The van der Waals surface area contributed by atoms with Gasteiger partial charge < -0.3 is 5.32 Å². The lowest BCUT2D eigenvalue weighted by molar-refractivity contribution is -0.121. The maximum atomic E-state index is 11.7. The molecule has 1 fully saturated rings. The molecule has 0 radical (unpaired) electrons. The molecule has 6 heteroatoms. The van der Waals surface area contributed by atoms with E-state index in [1.807, 2.05) is 0 Å². The molecule has 106 valence electrons. The van der Waals surface area contributed by atoms with E-state index in [1.54, 1.807) is 31.2 Å². The van der Waals surface area contributed by atoms with E-state index < -0.39 is 5.91 Å². The smallest absolute Gasteiger partial charge is 0.269 e. The van der Waals surface area contributed by atoms with Crippen LogP contribution in [0.15, 0.2) is 24.3 Å². The molecule has 20 heavy (non-hydrogen) atoms. The molecule has 0 spiro atoms. The molecular weight excluding hydrogens is 258 g/mol. The lowest BCUT2D eigenvalue weighted by Crippen LogP contribution is -2.41. The lowest BCUT2D eigenvalue weighted by Gasteiger charge is -2.07. The fraction of sp³-hybridized carbons (Fsp3) is 0.357. The summed E-state index contributed by atoms with van der Waals surface area (Å²) >= 11 is 0. The molecule has 0 aromatic heterocycles. The first kappa shape index (κ1) is 14.0. The largest absolute Gasteiger partial charge is 0.326 e. The van der Waals surface area contributed by atoms with E-state index in [0.717, 1.165) is 12.8 Å². The zero-order valence-corrected chi connectivity index (χ0v) is 11.2. The summed E-state index contributed by atoms with van der Waals surface area (Å²) in [5.41, 5.74) is 5.68.